The lowest BCUT2D eigenvalue weighted by Crippen LogP contribution is -2.61. The number of hydrogen-bond acceptors (Lipinski definition) is 7. The number of hydroxylamine groups is 2. The minimum Gasteiger partial charge on any atom is -0.326 e. The van der Waals surface area contributed by atoms with Gasteiger partial charge in [0, 0.05) is 38.3 Å². The largest absolute Gasteiger partial charge is 0.326 e. The van der Waals surface area contributed by atoms with Crippen molar-refractivity contribution >= 4 is 46.4 Å². The lowest BCUT2D eigenvalue weighted by molar-refractivity contribution is -0.906. The van der Waals surface area contributed by atoms with Gasteiger partial charge in [-0.15, -0.1) is 0 Å². The lowest BCUT2D eigenvalue weighted by Gasteiger charge is -2.41. The molecule has 0 aromatic heterocycles. The quantitative estimate of drug-likeness (QED) is 0.238. The highest BCUT2D eigenvalue weighted by molar-refractivity contribution is 5.94. The van der Waals surface area contributed by atoms with Crippen LogP contribution in [-0.4, -0.2) is 89.7 Å². The number of carbonyl (C=O) groups is 4. The normalized spacial score (nSPS) is 14.9. The highest BCUT2D eigenvalue weighted by Gasteiger charge is 2.34. The van der Waals surface area contributed by atoms with E-state index in [9.17, 15) is 29.6 Å². The molecular formula is C25H33N6O6+. The molecule has 1 aliphatic rings. The summed E-state index contributed by atoms with van der Waals surface area (Å²) < 4.78 is 0.387. The molecule has 0 aliphatic carbocycles. The molecule has 1 fully saturated rings. The van der Waals surface area contributed by atoms with Crippen LogP contribution in [0.3, 0.4) is 0 Å². The van der Waals surface area contributed by atoms with E-state index in [2.05, 4.69) is 10.6 Å². The van der Waals surface area contributed by atoms with Gasteiger partial charge in [-0.25, -0.2) is 0 Å². The van der Waals surface area contributed by atoms with E-state index in [4.69, 9.17) is 0 Å². The van der Waals surface area contributed by atoms with Gasteiger partial charge in [-0.3, -0.25) is 34.5 Å². The number of rotatable bonds is 8. The van der Waals surface area contributed by atoms with E-state index in [0.717, 1.165) is 0 Å². The SMILES string of the molecule is CC(=O)Nc1ccc(N(O)C(=O)CN2CC[N+](C)(CC(=O)N(O)c3ccc(NC(C)=O)cc3)CC2)cc1. The topological polar surface area (TPSA) is 143 Å². The van der Waals surface area contributed by atoms with Crippen molar-refractivity contribution in [1.82, 2.24) is 4.90 Å². The van der Waals surface area contributed by atoms with Gasteiger partial charge in [0.05, 0.1) is 38.1 Å². The number of anilines is 4. The number of nitrogens with zero attached hydrogens (tertiary/aromatic N) is 4. The summed E-state index contributed by atoms with van der Waals surface area (Å²) in [6, 6.07) is 12.5. The molecule has 37 heavy (non-hydrogen) atoms. The van der Waals surface area contributed by atoms with Crippen molar-refractivity contribution in [3.05, 3.63) is 48.5 Å². The van der Waals surface area contributed by atoms with E-state index >= 15 is 0 Å². The molecule has 4 amide bonds. The fourth-order valence-corrected chi connectivity index (χ4v) is 4.02. The monoisotopic (exact) mass is 513 g/mol. The third-order valence-corrected chi connectivity index (χ3v) is 6.12. The molecule has 1 aliphatic heterocycles. The maximum absolute atomic E-state index is 12.7. The van der Waals surface area contributed by atoms with Crippen molar-refractivity contribution in [2.24, 2.45) is 0 Å². The third-order valence-electron chi connectivity index (χ3n) is 6.12. The van der Waals surface area contributed by atoms with Crippen molar-refractivity contribution in [3.63, 3.8) is 0 Å². The first-order chi connectivity index (χ1) is 17.5. The Kier molecular flexibility index (Phi) is 8.95. The number of benzene rings is 2. The van der Waals surface area contributed by atoms with Crippen LogP contribution in [0.4, 0.5) is 22.7 Å². The number of likely N-dealkylation sites (N-methyl/N-ethyl adjacent to an activating group) is 1. The first kappa shape index (κ1) is 27.7. The van der Waals surface area contributed by atoms with Gasteiger partial charge in [0.1, 0.15) is 0 Å². The van der Waals surface area contributed by atoms with Crippen molar-refractivity contribution in [2.75, 3.05) is 67.1 Å². The van der Waals surface area contributed by atoms with Gasteiger partial charge in [-0.2, -0.15) is 10.1 Å². The molecular weight excluding hydrogens is 480 g/mol. The molecule has 0 bridgehead atoms. The fourth-order valence-electron chi connectivity index (χ4n) is 4.02. The Labute approximate surface area is 215 Å². The molecule has 12 nitrogen and oxygen atoms in total. The molecule has 3 rings (SSSR count). The lowest BCUT2D eigenvalue weighted by atomic mass is 10.2. The molecule has 0 unspecified atom stereocenters. The molecule has 12 heteroatoms. The number of carbonyl (C=O) groups excluding carboxylic acids is 4. The van der Waals surface area contributed by atoms with Gasteiger partial charge >= 0.3 is 5.91 Å². The average Bonchev–Trinajstić information content (AvgIpc) is 2.85. The van der Waals surface area contributed by atoms with E-state index in [1.165, 1.54) is 26.0 Å². The first-order valence-electron chi connectivity index (χ1n) is 11.8. The summed E-state index contributed by atoms with van der Waals surface area (Å²) in [6.07, 6.45) is 0. The van der Waals surface area contributed by atoms with Crippen molar-refractivity contribution in [1.29, 1.82) is 0 Å². The highest BCUT2D eigenvalue weighted by atomic mass is 16.5. The van der Waals surface area contributed by atoms with Crippen LogP contribution < -0.4 is 20.8 Å². The number of piperazine rings is 1. The molecule has 1 saturated heterocycles. The molecule has 0 radical (unpaired) electrons. The maximum Gasteiger partial charge on any atom is 0.305 e. The van der Waals surface area contributed by atoms with E-state index in [-0.39, 0.29) is 30.6 Å². The van der Waals surface area contributed by atoms with Crippen LogP contribution in [-0.2, 0) is 19.2 Å². The number of quaternary nitrogens is 1. The van der Waals surface area contributed by atoms with Gasteiger partial charge in [0.2, 0.25) is 11.8 Å². The summed E-state index contributed by atoms with van der Waals surface area (Å²) in [5.41, 5.74) is 1.70. The third kappa shape index (κ3) is 7.82. The molecule has 1 heterocycles. The second kappa shape index (κ2) is 11.9. The van der Waals surface area contributed by atoms with E-state index < -0.39 is 11.8 Å². The van der Waals surface area contributed by atoms with Gasteiger partial charge in [-0.05, 0) is 48.5 Å². The molecule has 4 N–H and O–H groups in total. The summed E-state index contributed by atoms with van der Waals surface area (Å²) >= 11 is 0. The summed E-state index contributed by atoms with van der Waals surface area (Å²) in [5, 5.41) is 27.1. The molecule has 0 atom stereocenters. The minimum atomic E-state index is -0.497. The number of hydrogen-bond donors (Lipinski definition) is 4. The van der Waals surface area contributed by atoms with Crippen molar-refractivity contribution < 1.29 is 34.1 Å². The highest BCUT2D eigenvalue weighted by Crippen LogP contribution is 2.20. The zero-order valence-corrected chi connectivity index (χ0v) is 21.2. The summed E-state index contributed by atoms with van der Waals surface area (Å²) in [4.78, 5) is 49.5. The Morgan fingerprint density at radius 1 is 0.784 bits per heavy atom. The van der Waals surface area contributed by atoms with Crippen LogP contribution in [0.15, 0.2) is 48.5 Å². The zero-order chi connectivity index (χ0) is 27.2. The van der Waals surface area contributed by atoms with Gasteiger partial charge in [0.25, 0.3) is 5.91 Å². The summed E-state index contributed by atoms with van der Waals surface area (Å²) in [6.45, 7) is 5.07. The molecule has 0 saturated carbocycles. The Morgan fingerprint density at radius 3 is 1.59 bits per heavy atom. The predicted molar refractivity (Wildman–Crippen MR) is 137 cm³/mol. The number of amides is 4. The summed E-state index contributed by atoms with van der Waals surface area (Å²) in [5.74, 6) is -1.40. The first-order valence-corrected chi connectivity index (χ1v) is 11.8. The van der Waals surface area contributed by atoms with Crippen LogP contribution in [0.25, 0.3) is 0 Å². The second-order valence-electron chi connectivity index (χ2n) is 9.37. The standard InChI is InChI=1S/C25H32N6O6/c1-18(32)26-20-4-8-22(9-5-20)29(36)24(34)16-28-12-14-31(3,15-13-28)17-25(35)30(37)23-10-6-21(7-11-23)27-19(2)33/h4-11,36-37H,12-17H2,1-3H3,(H-,26,27,32,33)/p+1. The van der Waals surface area contributed by atoms with Crippen LogP contribution in [0, 0.1) is 0 Å². The van der Waals surface area contributed by atoms with Crippen molar-refractivity contribution in [3.8, 4) is 0 Å². The van der Waals surface area contributed by atoms with Crippen LogP contribution in [0.1, 0.15) is 13.8 Å². The predicted octanol–water partition coefficient (Wildman–Crippen LogP) is 1.51. The number of nitrogens with one attached hydrogen (secondary N) is 2. The van der Waals surface area contributed by atoms with Crippen molar-refractivity contribution in [2.45, 2.75) is 13.8 Å². The molecule has 2 aromatic rings. The zero-order valence-electron chi connectivity index (χ0n) is 21.2. The second-order valence-corrected chi connectivity index (χ2v) is 9.37. The summed E-state index contributed by atoms with van der Waals surface area (Å²) in [7, 11) is 1.92. The Bertz CT molecular complexity index is 1130. The van der Waals surface area contributed by atoms with E-state index in [1.807, 2.05) is 11.9 Å². The van der Waals surface area contributed by atoms with Crippen LogP contribution in [0.5, 0.6) is 0 Å². The van der Waals surface area contributed by atoms with Gasteiger partial charge in [0.15, 0.2) is 6.54 Å². The van der Waals surface area contributed by atoms with Gasteiger partial charge < -0.3 is 15.1 Å². The van der Waals surface area contributed by atoms with Crippen LogP contribution >= 0.6 is 0 Å². The van der Waals surface area contributed by atoms with E-state index in [0.29, 0.717) is 57.9 Å². The maximum atomic E-state index is 12.7. The fraction of sp³-hybridized carbons (Fsp3) is 0.360. The minimum absolute atomic E-state index is 0.00463. The average molecular weight is 514 g/mol. The van der Waals surface area contributed by atoms with Gasteiger partial charge in [-0.1, -0.05) is 0 Å². The van der Waals surface area contributed by atoms with Crippen LogP contribution in [0.2, 0.25) is 0 Å². The van der Waals surface area contributed by atoms with E-state index in [1.54, 1.807) is 36.4 Å². The molecule has 198 valence electrons. The molecule has 0 spiro atoms. The Hall–Kier alpha value is -3.84. The smallest absolute Gasteiger partial charge is 0.305 e. The Balaban J connectivity index is 1.49. The Morgan fingerprint density at radius 2 is 1.19 bits per heavy atom. The molecule has 2 aromatic carbocycles.